The molecule has 2 nitrogen and oxygen atoms in total. The number of nitrogens with zero attached hydrogens (tertiary/aromatic N) is 1. The van der Waals surface area contributed by atoms with E-state index in [1.54, 1.807) is 12.1 Å². The van der Waals surface area contributed by atoms with E-state index in [0.717, 1.165) is 0 Å². The molecule has 0 amide bonds. The maximum Gasteiger partial charge on any atom is 0.0840 e. The second-order valence-corrected chi connectivity index (χ2v) is 3.09. The number of nitrogen functional groups attached to an aromatic ring is 1. The second-order valence-electron chi connectivity index (χ2n) is 2.69. The summed E-state index contributed by atoms with van der Waals surface area (Å²) < 4.78 is 30.3. The van der Waals surface area contributed by atoms with Crippen LogP contribution in [0.15, 0.2) is 42.5 Å². The zero-order valence-corrected chi connectivity index (χ0v) is 7.89. The Morgan fingerprint density at radius 2 is 2.21 bits per heavy atom. The predicted molar refractivity (Wildman–Crippen MR) is 59.1 cm³/mol. The van der Waals surface area contributed by atoms with E-state index in [2.05, 4.69) is 4.98 Å². The fourth-order valence-corrected chi connectivity index (χ4v) is 1.29. The molecular formula is C11H9ClN2. The number of hydrogen-bond donors (Lipinski definition) is 1. The van der Waals surface area contributed by atoms with Crippen LogP contribution in [-0.4, -0.2) is 4.98 Å². The van der Waals surface area contributed by atoms with Crippen molar-refractivity contribution in [2.24, 2.45) is 0 Å². The minimum absolute atomic E-state index is 0.0956. The van der Waals surface area contributed by atoms with E-state index in [0.29, 0.717) is 16.3 Å². The summed E-state index contributed by atoms with van der Waals surface area (Å²) in [6.07, 6.45) is -0.357. The number of anilines is 1. The maximum absolute atomic E-state index is 7.78. The van der Waals surface area contributed by atoms with Gasteiger partial charge in [0.15, 0.2) is 0 Å². The fraction of sp³-hybridized carbons (Fsp3) is 0. The molecule has 0 aliphatic rings. The van der Waals surface area contributed by atoms with Gasteiger partial charge in [0.1, 0.15) is 0 Å². The molecule has 0 aliphatic carbocycles. The molecular weight excluding hydrogens is 196 g/mol. The zero-order chi connectivity index (χ0) is 13.4. The molecule has 1 aromatic carbocycles. The van der Waals surface area contributed by atoms with Gasteiger partial charge in [0.25, 0.3) is 0 Å². The highest BCUT2D eigenvalue weighted by Crippen LogP contribution is 2.27. The third kappa shape index (κ3) is 1.70. The number of nitrogens with two attached hydrogens (primary N) is 1. The first-order valence-corrected chi connectivity index (χ1v) is 4.29. The Morgan fingerprint density at radius 3 is 3.07 bits per heavy atom. The standard InChI is InChI=1S/C11H9ClN2/c12-10-5-4-8(13)7-9(10)11-3-1-2-6-14-11/h1-7H,13H2/i1D,2D,3D,6D. The zero-order valence-electron chi connectivity index (χ0n) is 11.1. The van der Waals surface area contributed by atoms with E-state index in [-0.39, 0.29) is 30.0 Å². The van der Waals surface area contributed by atoms with Crippen LogP contribution in [0.1, 0.15) is 5.48 Å². The molecule has 2 aromatic rings. The summed E-state index contributed by atoms with van der Waals surface area (Å²) in [7, 11) is 0. The van der Waals surface area contributed by atoms with E-state index in [1.807, 2.05) is 0 Å². The molecule has 14 heavy (non-hydrogen) atoms. The van der Waals surface area contributed by atoms with Crippen LogP contribution in [0.5, 0.6) is 0 Å². The lowest BCUT2D eigenvalue weighted by Gasteiger charge is -2.03. The summed E-state index contributed by atoms with van der Waals surface area (Å²) in [5.41, 5.74) is 6.58. The van der Waals surface area contributed by atoms with Crippen LogP contribution in [0, 0.1) is 0 Å². The van der Waals surface area contributed by atoms with Crippen molar-refractivity contribution in [2.75, 3.05) is 5.73 Å². The fourth-order valence-electron chi connectivity index (χ4n) is 1.08. The molecule has 2 N–H and O–H groups in total. The molecule has 0 atom stereocenters. The summed E-state index contributed by atoms with van der Waals surface area (Å²) in [6, 6.07) is 3.76. The first-order valence-electron chi connectivity index (χ1n) is 5.91. The van der Waals surface area contributed by atoms with E-state index in [9.17, 15) is 0 Å². The van der Waals surface area contributed by atoms with Gasteiger partial charge < -0.3 is 5.73 Å². The van der Waals surface area contributed by atoms with Crippen LogP contribution in [0.25, 0.3) is 11.3 Å². The average molecular weight is 209 g/mol. The normalized spacial score (nSPS) is 14.1. The Balaban J connectivity index is 2.75. The van der Waals surface area contributed by atoms with Gasteiger partial charge >= 0.3 is 0 Å². The Kier molecular flexibility index (Phi) is 1.41. The Morgan fingerprint density at radius 1 is 1.36 bits per heavy atom. The van der Waals surface area contributed by atoms with Crippen molar-refractivity contribution in [2.45, 2.75) is 0 Å². The minimum atomic E-state index is -0.372. The Hall–Kier alpha value is -1.54. The number of benzene rings is 1. The van der Waals surface area contributed by atoms with Crippen molar-refractivity contribution in [1.29, 1.82) is 0 Å². The first kappa shape index (κ1) is 5.37. The number of aromatic nitrogens is 1. The number of rotatable bonds is 1. The molecule has 0 fully saturated rings. The van der Waals surface area contributed by atoms with Crippen molar-refractivity contribution < 1.29 is 5.48 Å². The molecule has 0 aliphatic heterocycles. The van der Waals surface area contributed by atoms with Crippen LogP contribution in [0.3, 0.4) is 0 Å². The highest BCUT2D eigenvalue weighted by molar-refractivity contribution is 6.33. The largest absolute Gasteiger partial charge is 0.399 e. The number of pyridine rings is 1. The van der Waals surface area contributed by atoms with E-state index >= 15 is 0 Å². The Labute approximate surface area is 93.0 Å². The number of hydrogen-bond acceptors (Lipinski definition) is 2. The number of halogens is 1. The summed E-state index contributed by atoms with van der Waals surface area (Å²) in [5.74, 6) is 0. The van der Waals surface area contributed by atoms with Crippen molar-refractivity contribution in [1.82, 2.24) is 4.98 Å². The van der Waals surface area contributed by atoms with E-state index in [1.165, 1.54) is 6.07 Å². The van der Waals surface area contributed by atoms with Gasteiger partial charge in [-0.15, -0.1) is 0 Å². The maximum atomic E-state index is 7.78. The average Bonchev–Trinajstić information content (AvgIpc) is 2.34. The Bertz CT molecular complexity index is 631. The lowest BCUT2D eigenvalue weighted by atomic mass is 10.1. The molecule has 70 valence electrons. The van der Waals surface area contributed by atoms with Crippen molar-refractivity contribution in [3.8, 4) is 11.3 Å². The van der Waals surface area contributed by atoms with Crippen LogP contribution < -0.4 is 5.73 Å². The molecule has 1 heterocycles. The molecule has 0 saturated heterocycles. The van der Waals surface area contributed by atoms with Gasteiger partial charge in [-0.2, -0.15) is 0 Å². The van der Waals surface area contributed by atoms with E-state index in [4.69, 9.17) is 22.8 Å². The first-order chi connectivity index (χ1) is 8.41. The molecule has 0 saturated carbocycles. The van der Waals surface area contributed by atoms with Crippen LogP contribution in [0.2, 0.25) is 5.02 Å². The smallest absolute Gasteiger partial charge is 0.0840 e. The van der Waals surface area contributed by atoms with Gasteiger partial charge in [-0.05, 0) is 30.3 Å². The van der Waals surface area contributed by atoms with Crippen LogP contribution in [-0.2, 0) is 0 Å². The monoisotopic (exact) mass is 208 g/mol. The molecule has 0 radical (unpaired) electrons. The summed E-state index contributed by atoms with van der Waals surface area (Å²) >= 11 is 6.00. The van der Waals surface area contributed by atoms with Crippen molar-refractivity contribution in [3.05, 3.63) is 47.5 Å². The highest BCUT2D eigenvalue weighted by atomic mass is 35.5. The topological polar surface area (TPSA) is 38.9 Å². The highest BCUT2D eigenvalue weighted by Gasteiger charge is 2.03. The molecule has 1 aromatic heterocycles. The third-order valence-corrected chi connectivity index (χ3v) is 2.04. The summed E-state index contributed by atoms with van der Waals surface area (Å²) in [6.45, 7) is 0. The van der Waals surface area contributed by atoms with Crippen molar-refractivity contribution >= 4 is 17.3 Å². The quantitative estimate of drug-likeness (QED) is 0.732. The lowest BCUT2D eigenvalue weighted by molar-refractivity contribution is 1.33. The minimum Gasteiger partial charge on any atom is -0.399 e. The molecule has 2 rings (SSSR count). The van der Waals surface area contributed by atoms with Gasteiger partial charge in [0.05, 0.1) is 16.2 Å². The van der Waals surface area contributed by atoms with Gasteiger partial charge in [0, 0.05) is 17.4 Å². The van der Waals surface area contributed by atoms with E-state index < -0.39 is 0 Å². The molecule has 0 bridgehead atoms. The SMILES string of the molecule is [2H]c1nc(-c2cc(N)ccc2Cl)c([2H])c([2H])c1[2H]. The summed E-state index contributed by atoms with van der Waals surface area (Å²) in [4.78, 5) is 3.84. The van der Waals surface area contributed by atoms with Gasteiger partial charge in [-0.3, -0.25) is 4.98 Å². The third-order valence-electron chi connectivity index (χ3n) is 1.71. The summed E-state index contributed by atoms with van der Waals surface area (Å²) in [5, 5.41) is 0.335. The predicted octanol–water partition coefficient (Wildman–Crippen LogP) is 2.98. The molecule has 0 unspecified atom stereocenters. The van der Waals surface area contributed by atoms with Crippen LogP contribution >= 0.6 is 11.6 Å². The van der Waals surface area contributed by atoms with Gasteiger partial charge in [-0.1, -0.05) is 17.6 Å². The van der Waals surface area contributed by atoms with Gasteiger partial charge in [0.2, 0.25) is 0 Å². The van der Waals surface area contributed by atoms with Gasteiger partial charge in [-0.25, -0.2) is 0 Å². The lowest BCUT2D eigenvalue weighted by Crippen LogP contribution is -1.88. The van der Waals surface area contributed by atoms with Crippen molar-refractivity contribution in [3.63, 3.8) is 0 Å². The van der Waals surface area contributed by atoms with Crippen LogP contribution in [0.4, 0.5) is 5.69 Å². The second kappa shape index (κ2) is 3.68. The molecule has 3 heteroatoms. The molecule has 0 spiro atoms.